The van der Waals surface area contributed by atoms with Crippen LogP contribution in [0.1, 0.15) is 18.9 Å². The van der Waals surface area contributed by atoms with Gasteiger partial charge in [-0.25, -0.2) is 0 Å². The third kappa shape index (κ3) is 4.26. The number of H-pyrrole nitrogens is 1. The van der Waals surface area contributed by atoms with E-state index in [1.165, 1.54) is 10.9 Å². The highest BCUT2D eigenvalue weighted by Gasteiger charge is 2.48. The molecular weight excluding hydrogens is 366 g/mol. The standard InChI is InChI=1S/C23H25N3O3/c1-2-29-21-10-6-5-9-20(21)26-23(28)18-13-17(18)22(27)24-12-11-15-14-25-19-8-4-3-7-16(15)19/h3-10,14,17-18,25H,2,11-13H2,1H3,(H,24,27)(H,26,28). The molecule has 0 saturated heterocycles. The molecule has 1 heterocycles. The summed E-state index contributed by atoms with van der Waals surface area (Å²) in [7, 11) is 0. The maximum atomic E-state index is 12.5. The van der Waals surface area contributed by atoms with E-state index >= 15 is 0 Å². The van der Waals surface area contributed by atoms with Gasteiger partial charge in [0.25, 0.3) is 0 Å². The molecule has 1 aromatic heterocycles. The van der Waals surface area contributed by atoms with Crippen LogP contribution in [0.5, 0.6) is 5.75 Å². The molecule has 2 atom stereocenters. The van der Waals surface area contributed by atoms with E-state index in [1.807, 2.05) is 55.6 Å². The Morgan fingerprint density at radius 2 is 1.83 bits per heavy atom. The zero-order chi connectivity index (χ0) is 20.2. The number of hydrogen-bond acceptors (Lipinski definition) is 3. The first-order valence-corrected chi connectivity index (χ1v) is 10.0. The van der Waals surface area contributed by atoms with Gasteiger partial charge in [0.1, 0.15) is 5.75 Å². The molecule has 29 heavy (non-hydrogen) atoms. The third-order valence-electron chi connectivity index (χ3n) is 5.28. The average molecular weight is 391 g/mol. The van der Waals surface area contributed by atoms with E-state index in [0.717, 1.165) is 11.9 Å². The summed E-state index contributed by atoms with van der Waals surface area (Å²) in [6.45, 7) is 2.98. The Kier molecular flexibility index (Phi) is 5.51. The molecule has 1 aliphatic rings. The molecule has 1 aliphatic carbocycles. The summed E-state index contributed by atoms with van der Waals surface area (Å²) in [6, 6.07) is 15.5. The van der Waals surface area contributed by atoms with E-state index in [4.69, 9.17) is 4.74 Å². The first-order valence-electron chi connectivity index (χ1n) is 10.0. The molecule has 6 nitrogen and oxygen atoms in total. The highest BCUT2D eigenvalue weighted by atomic mass is 16.5. The fourth-order valence-corrected chi connectivity index (χ4v) is 3.64. The van der Waals surface area contributed by atoms with Crippen LogP contribution in [0.2, 0.25) is 0 Å². The maximum Gasteiger partial charge on any atom is 0.228 e. The lowest BCUT2D eigenvalue weighted by Gasteiger charge is -2.11. The Balaban J connectivity index is 1.26. The number of amides is 2. The largest absolute Gasteiger partial charge is 0.492 e. The molecule has 4 rings (SSSR count). The predicted molar refractivity (Wildman–Crippen MR) is 113 cm³/mol. The zero-order valence-corrected chi connectivity index (χ0v) is 16.4. The van der Waals surface area contributed by atoms with Crippen LogP contribution in [0.15, 0.2) is 54.7 Å². The number of aromatic nitrogens is 1. The Bertz CT molecular complexity index is 1030. The lowest BCUT2D eigenvalue weighted by molar-refractivity contribution is -0.125. The van der Waals surface area contributed by atoms with E-state index in [0.29, 0.717) is 31.0 Å². The molecule has 2 aromatic carbocycles. The summed E-state index contributed by atoms with van der Waals surface area (Å²) < 4.78 is 5.53. The number of para-hydroxylation sites is 3. The van der Waals surface area contributed by atoms with Crippen molar-refractivity contribution in [2.75, 3.05) is 18.5 Å². The Hall–Kier alpha value is -3.28. The number of hydrogen-bond donors (Lipinski definition) is 3. The minimum Gasteiger partial charge on any atom is -0.492 e. The quantitative estimate of drug-likeness (QED) is 0.550. The number of anilines is 1. The van der Waals surface area contributed by atoms with Crippen LogP contribution < -0.4 is 15.4 Å². The SMILES string of the molecule is CCOc1ccccc1NC(=O)C1CC1C(=O)NCCc1c[nH]c2ccccc12. The molecule has 0 bridgehead atoms. The van der Waals surface area contributed by atoms with E-state index in [2.05, 4.69) is 21.7 Å². The lowest BCUT2D eigenvalue weighted by atomic mass is 10.1. The van der Waals surface area contributed by atoms with Gasteiger partial charge < -0.3 is 20.4 Å². The van der Waals surface area contributed by atoms with Crippen LogP contribution in [0.25, 0.3) is 10.9 Å². The number of benzene rings is 2. The summed E-state index contributed by atoms with van der Waals surface area (Å²) in [5.74, 6) is -0.0734. The fourth-order valence-electron chi connectivity index (χ4n) is 3.64. The van der Waals surface area contributed by atoms with E-state index in [-0.39, 0.29) is 23.7 Å². The van der Waals surface area contributed by atoms with E-state index in [1.54, 1.807) is 0 Å². The van der Waals surface area contributed by atoms with E-state index < -0.39 is 0 Å². The third-order valence-corrected chi connectivity index (χ3v) is 5.28. The number of nitrogens with one attached hydrogen (secondary N) is 3. The Morgan fingerprint density at radius 1 is 1.07 bits per heavy atom. The van der Waals surface area contributed by atoms with Gasteiger partial charge in [0, 0.05) is 23.6 Å². The average Bonchev–Trinajstić information content (AvgIpc) is 3.44. The van der Waals surface area contributed by atoms with Crippen molar-refractivity contribution < 1.29 is 14.3 Å². The molecule has 0 radical (unpaired) electrons. The summed E-state index contributed by atoms with van der Waals surface area (Å²) in [5, 5.41) is 7.04. The number of ether oxygens (including phenoxy) is 1. The Labute approximate surface area is 169 Å². The normalized spacial score (nSPS) is 17.7. The topological polar surface area (TPSA) is 83.2 Å². The maximum absolute atomic E-state index is 12.5. The number of aromatic amines is 1. The smallest absolute Gasteiger partial charge is 0.228 e. The van der Waals surface area contributed by atoms with Crippen LogP contribution in [0, 0.1) is 11.8 Å². The number of carbonyl (C=O) groups excluding carboxylic acids is 2. The van der Waals surface area contributed by atoms with Crippen molar-refractivity contribution >= 4 is 28.4 Å². The highest BCUT2D eigenvalue weighted by Crippen LogP contribution is 2.40. The van der Waals surface area contributed by atoms with Gasteiger partial charge in [-0.3, -0.25) is 9.59 Å². The summed E-state index contributed by atoms with van der Waals surface area (Å²) in [6.07, 6.45) is 3.32. The second-order valence-corrected chi connectivity index (χ2v) is 7.27. The fraction of sp³-hybridized carbons (Fsp3) is 0.304. The van der Waals surface area contributed by atoms with E-state index in [9.17, 15) is 9.59 Å². The molecule has 150 valence electrons. The van der Waals surface area contributed by atoms with Crippen LogP contribution >= 0.6 is 0 Å². The molecule has 1 fully saturated rings. The minimum absolute atomic E-state index is 0.0527. The van der Waals surface area contributed by atoms with Crippen molar-refractivity contribution in [1.29, 1.82) is 0 Å². The lowest BCUT2D eigenvalue weighted by Crippen LogP contribution is -2.29. The molecule has 3 aromatic rings. The van der Waals surface area contributed by atoms with Crippen molar-refractivity contribution in [3.63, 3.8) is 0 Å². The van der Waals surface area contributed by atoms with Crippen LogP contribution in [-0.4, -0.2) is 29.9 Å². The van der Waals surface area contributed by atoms with Gasteiger partial charge in [0.2, 0.25) is 11.8 Å². The van der Waals surface area contributed by atoms with Crippen LogP contribution in [0.3, 0.4) is 0 Å². The van der Waals surface area contributed by atoms with Gasteiger partial charge in [0.15, 0.2) is 0 Å². The van der Waals surface area contributed by atoms with Crippen molar-refractivity contribution in [3.8, 4) is 5.75 Å². The van der Waals surface area contributed by atoms with Gasteiger partial charge in [-0.2, -0.15) is 0 Å². The predicted octanol–water partition coefficient (Wildman–Crippen LogP) is 3.50. The monoisotopic (exact) mass is 391 g/mol. The second-order valence-electron chi connectivity index (χ2n) is 7.27. The number of rotatable bonds is 8. The molecule has 0 spiro atoms. The first kappa shape index (κ1) is 19.1. The van der Waals surface area contributed by atoms with Crippen molar-refractivity contribution in [1.82, 2.24) is 10.3 Å². The molecule has 0 aliphatic heterocycles. The molecule has 3 N–H and O–H groups in total. The highest BCUT2D eigenvalue weighted by molar-refractivity contribution is 6.00. The van der Waals surface area contributed by atoms with Crippen molar-refractivity contribution in [2.24, 2.45) is 11.8 Å². The Morgan fingerprint density at radius 3 is 2.69 bits per heavy atom. The summed E-state index contributed by atoms with van der Waals surface area (Å²) in [5.41, 5.74) is 2.92. The number of carbonyl (C=O) groups is 2. The van der Waals surface area contributed by atoms with Gasteiger partial charge in [-0.05, 0) is 43.5 Å². The number of fused-ring (bicyclic) bond motifs is 1. The van der Waals surface area contributed by atoms with Gasteiger partial charge in [0.05, 0.1) is 24.1 Å². The second kappa shape index (κ2) is 8.39. The minimum atomic E-state index is -0.280. The molecule has 6 heteroatoms. The van der Waals surface area contributed by atoms with Gasteiger partial charge in [-0.15, -0.1) is 0 Å². The van der Waals surface area contributed by atoms with Crippen molar-refractivity contribution in [2.45, 2.75) is 19.8 Å². The molecule has 2 unspecified atom stereocenters. The van der Waals surface area contributed by atoms with Gasteiger partial charge in [-0.1, -0.05) is 30.3 Å². The molecule has 1 saturated carbocycles. The van der Waals surface area contributed by atoms with Crippen LogP contribution in [-0.2, 0) is 16.0 Å². The molecule has 2 amide bonds. The van der Waals surface area contributed by atoms with Crippen molar-refractivity contribution in [3.05, 3.63) is 60.3 Å². The van der Waals surface area contributed by atoms with Gasteiger partial charge >= 0.3 is 0 Å². The molecular formula is C23H25N3O3. The zero-order valence-electron chi connectivity index (χ0n) is 16.4. The summed E-state index contributed by atoms with van der Waals surface area (Å²) >= 11 is 0. The first-order chi connectivity index (χ1) is 14.2. The van der Waals surface area contributed by atoms with Crippen LogP contribution in [0.4, 0.5) is 5.69 Å². The summed E-state index contributed by atoms with van der Waals surface area (Å²) in [4.78, 5) is 28.2.